The number of rotatable bonds is 4. The van der Waals surface area contributed by atoms with Crippen molar-refractivity contribution in [3.05, 3.63) is 66.3 Å². The van der Waals surface area contributed by atoms with Crippen LogP contribution in [-0.4, -0.2) is 5.24 Å². The number of hydrogen-bond donors (Lipinski definition) is 0. The zero-order valence-electron chi connectivity index (χ0n) is 9.11. The second-order valence-corrected chi connectivity index (χ2v) is 3.55. The van der Waals surface area contributed by atoms with Crippen molar-refractivity contribution in [2.75, 3.05) is 0 Å². The maximum absolute atomic E-state index is 10.9. The van der Waals surface area contributed by atoms with Crippen molar-refractivity contribution in [1.82, 2.24) is 0 Å². The first-order valence-corrected chi connectivity index (χ1v) is 5.32. The van der Waals surface area contributed by atoms with Crippen LogP contribution in [-0.2, 0) is 0 Å². The summed E-state index contributed by atoms with van der Waals surface area (Å²) in [7, 11) is 0. The van der Waals surface area contributed by atoms with Crippen molar-refractivity contribution < 1.29 is 4.79 Å². The molecule has 0 amide bonds. The van der Waals surface area contributed by atoms with Gasteiger partial charge in [0, 0.05) is 5.56 Å². The fraction of sp³-hybridized carbons (Fsp3) is 0.0714. The predicted molar refractivity (Wildman–Crippen MR) is 69.6 cm³/mol. The van der Waals surface area contributed by atoms with E-state index in [2.05, 4.69) is 6.58 Å². The van der Waals surface area contributed by atoms with Crippen molar-refractivity contribution in [3.8, 4) is 0 Å². The molecule has 0 heterocycles. The van der Waals surface area contributed by atoms with Gasteiger partial charge in [0.25, 0.3) is 5.24 Å². The molecule has 1 rings (SSSR count). The van der Waals surface area contributed by atoms with E-state index in [9.17, 15) is 4.79 Å². The summed E-state index contributed by atoms with van der Waals surface area (Å²) >= 11 is 5.37. The normalized spacial score (nSPS) is 11.8. The number of carbonyl (C=O) groups excluding carboxylic acids is 1. The minimum atomic E-state index is -0.438. The van der Waals surface area contributed by atoms with Gasteiger partial charge in [0.15, 0.2) is 0 Å². The Labute approximate surface area is 101 Å². The quantitative estimate of drug-likeness (QED) is 0.561. The Kier molecular flexibility index (Phi) is 4.74. The number of carbonyl (C=O) groups is 1. The highest BCUT2D eigenvalue weighted by Crippen LogP contribution is 2.17. The Morgan fingerprint density at radius 3 is 2.25 bits per heavy atom. The Hall–Kier alpha value is -1.60. The molecule has 0 aliphatic rings. The summed E-state index contributed by atoms with van der Waals surface area (Å²) < 4.78 is 0. The van der Waals surface area contributed by atoms with E-state index < -0.39 is 5.24 Å². The molecule has 0 fully saturated rings. The topological polar surface area (TPSA) is 17.1 Å². The SMILES string of the molecule is C=C/C=C(\C=C/C)c1ccc(C(=O)Cl)cc1. The molecule has 0 aliphatic carbocycles. The monoisotopic (exact) mass is 232 g/mol. The second kappa shape index (κ2) is 6.09. The summed E-state index contributed by atoms with van der Waals surface area (Å²) in [6, 6.07) is 7.16. The van der Waals surface area contributed by atoms with Crippen molar-refractivity contribution >= 4 is 22.4 Å². The largest absolute Gasteiger partial charge is 0.276 e. The Balaban J connectivity index is 3.08. The van der Waals surface area contributed by atoms with E-state index in [0.717, 1.165) is 11.1 Å². The third-order valence-electron chi connectivity index (χ3n) is 2.09. The first-order chi connectivity index (χ1) is 7.69. The fourth-order valence-electron chi connectivity index (χ4n) is 1.35. The summed E-state index contributed by atoms with van der Waals surface area (Å²) in [5.41, 5.74) is 2.58. The van der Waals surface area contributed by atoms with Crippen LogP contribution < -0.4 is 0 Å². The Morgan fingerprint density at radius 1 is 1.25 bits per heavy atom. The molecule has 0 unspecified atom stereocenters. The van der Waals surface area contributed by atoms with Gasteiger partial charge in [-0.1, -0.05) is 43.0 Å². The van der Waals surface area contributed by atoms with Gasteiger partial charge in [0.1, 0.15) is 0 Å². The van der Waals surface area contributed by atoms with Crippen LogP contribution in [0.15, 0.2) is 55.1 Å². The van der Waals surface area contributed by atoms with Crippen molar-refractivity contribution in [1.29, 1.82) is 0 Å². The lowest BCUT2D eigenvalue weighted by Gasteiger charge is -2.02. The predicted octanol–water partition coefficient (Wildman–Crippen LogP) is 4.21. The molecule has 0 bridgehead atoms. The van der Waals surface area contributed by atoms with E-state index >= 15 is 0 Å². The van der Waals surface area contributed by atoms with Crippen LogP contribution in [0.25, 0.3) is 5.57 Å². The van der Waals surface area contributed by atoms with Gasteiger partial charge in [-0.05, 0) is 41.8 Å². The van der Waals surface area contributed by atoms with E-state index in [0.29, 0.717) is 5.56 Å². The van der Waals surface area contributed by atoms with Gasteiger partial charge < -0.3 is 0 Å². The summed E-state index contributed by atoms with van der Waals surface area (Å²) in [6.07, 6.45) is 7.59. The molecule has 0 spiro atoms. The van der Waals surface area contributed by atoms with Crippen LogP contribution in [0.5, 0.6) is 0 Å². The van der Waals surface area contributed by atoms with Gasteiger partial charge in [-0.15, -0.1) is 0 Å². The zero-order chi connectivity index (χ0) is 12.0. The molecule has 82 valence electrons. The number of halogens is 1. The second-order valence-electron chi connectivity index (χ2n) is 3.21. The highest BCUT2D eigenvalue weighted by molar-refractivity contribution is 6.67. The van der Waals surface area contributed by atoms with Gasteiger partial charge in [-0.3, -0.25) is 4.79 Å². The minimum absolute atomic E-state index is 0.438. The molecule has 1 aromatic carbocycles. The third kappa shape index (κ3) is 3.21. The summed E-state index contributed by atoms with van der Waals surface area (Å²) in [5.74, 6) is 0. The first kappa shape index (κ1) is 12.5. The van der Waals surface area contributed by atoms with Crippen LogP contribution in [0.3, 0.4) is 0 Å². The van der Waals surface area contributed by atoms with E-state index in [4.69, 9.17) is 11.6 Å². The van der Waals surface area contributed by atoms with Crippen molar-refractivity contribution in [2.45, 2.75) is 6.92 Å². The minimum Gasteiger partial charge on any atom is -0.276 e. The number of benzene rings is 1. The molecule has 0 saturated heterocycles. The molecular formula is C14H13ClO. The van der Waals surface area contributed by atoms with Gasteiger partial charge in [-0.25, -0.2) is 0 Å². The van der Waals surface area contributed by atoms with Crippen molar-refractivity contribution in [2.24, 2.45) is 0 Å². The van der Waals surface area contributed by atoms with E-state index in [-0.39, 0.29) is 0 Å². The van der Waals surface area contributed by atoms with Crippen LogP contribution in [0, 0.1) is 0 Å². The lowest BCUT2D eigenvalue weighted by molar-refractivity contribution is 0.108. The molecule has 0 saturated carbocycles. The molecule has 1 nitrogen and oxygen atoms in total. The average Bonchev–Trinajstić information content (AvgIpc) is 2.29. The Bertz CT molecular complexity index is 438. The lowest BCUT2D eigenvalue weighted by Crippen LogP contribution is -1.89. The molecule has 0 radical (unpaired) electrons. The fourth-order valence-corrected chi connectivity index (χ4v) is 1.47. The number of hydrogen-bond acceptors (Lipinski definition) is 1. The third-order valence-corrected chi connectivity index (χ3v) is 2.31. The van der Waals surface area contributed by atoms with Gasteiger partial charge in [0.05, 0.1) is 0 Å². The summed E-state index contributed by atoms with van der Waals surface area (Å²) in [4.78, 5) is 10.9. The van der Waals surface area contributed by atoms with Crippen LogP contribution in [0.2, 0.25) is 0 Å². The van der Waals surface area contributed by atoms with E-state index in [1.165, 1.54) is 0 Å². The van der Waals surface area contributed by atoms with Crippen LogP contribution >= 0.6 is 11.6 Å². The molecule has 0 aliphatic heterocycles. The highest BCUT2D eigenvalue weighted by Gasteiger charge is 2.02. The lowest BCUT2D eigenvalue weighted by atomic mass is 10.0. The molecule has 0 aromatic heterocycles. The smallest absolute Gasteiger partial charge is 0.252 e. The van der Waals surface area contributed by atoms with Crippen molar-refractivity contribution in [3.63, 3.8) is 0 Å². The highest BCUT2D eigenvalue weighted by atomic mass is 35.5. The summed E-state index contributed by atoms with van der Waals surface area (Å²) in [5, 5.41) is -0.438. The summed E-state index contributed by atoms with van der Waals surface area (Å²) in [6.45, 7) is 5.62. The van der Waals surface area contributed by atoms with Crippen LogP contribution in [0.1, 0.15) is 22.8 Å². The molecular weight excluding hydrogens is 220 g/mol. The van der Waals surface area contributed by atoms with Gasteiger partial charge in [-0.2, -0.15) is 0 Å². The van der Waals surface area contributed by atoms with Crippen LogP contribution in [0.4, 0.5) is 0 Å². The molecule has 0 N–H and O–H groups in total. The number of allylic oxidation sites excluding steroid dienone is 5. The van der Waals surface area contributed by atoms with Gasteiger partial charge >= 0.3 is 0 Å². The maximum Gasteiger partial charge on any atom is 0.252 e. The first-order valence-electron chi connectivity index (χ1n) is 4.94. The standard InChI is InChI=1S/C14H13ClO/c1-3-5-11(6-4-2)12-7-9-13(10-8-12)14(15)16/h3-10H,1H2,2H3/b6-4-,11-5+. The molecule has 0 atom stereocenters. The van der Waals surface area contributed by atoms with Gasteiger partial charge in [0.2, 0.25) is 0 Å². The molecule has 16 heavy (non-hydrogen) atoms. The zero-order valence-corrected chi connectivity index (χ0v) is 9.87. The molecule has 1 aromatic rings. The molecule has 2 heteroatoms. The Morgan fingerprint density at radius 2 is 1.81 bits per heavy atom. The van der Waals surface area contributed by atoms with E-state index in [1.54, 1.807) is 18.2 Å². The van der Waals surface area contributed by atoms with E-state index in [1.807, 2.05) is 37.3 Å². The average molecular weight is 233 g/mol. The maximum atomic E-state index is 10.9.